The monoisotopic (exact) mass is 320 g/mol. The third-order valence-corrected chi connectivity index (χ3v) is 4.28. The van der Waals surface area contributed by atoms with Crippen LogP contribution in [0.2, 0.25) is 0 Å². The van der Waals surface area contributed by atoms with Gasteiger partial charge in [-0.05, 0) is 48.9 Å². The van der Waals surface area contributed by atoms with Crippen LogP contribution in [0.1, 0.15) is 45.7 Å². The Morgan fingerprint density at radius 3 is 2.26 bits per heavy atom. The fourth-order valence-electron chi connectivity index (χ4n) is 2.11. The minimum atomic E-state index is -1.05. The third-order valence-electron chi connectivity index (χ3n) is 4.28. The molecular weight excluding hydrogens is 292 g/mol. The lowest BCUT2D eigenvalue weighted by molar-refractivity contribution is -0.137. The summed E-state index contributed by atoms with van der Waals surface area (Å²) in [6, 6.07) is 5.66. The number of aryl methyl sites for hydroxylation is 2. The normalized spacial score (nSPS) is 13.5. The van der Waals surface area contributed by atoms with Crippen LogP contribution in [0.25, 0.3) is 0 Å². The van der Waals surface area contributed by atoms with Crippen molar-refractivity contribution in [3.8, 4) is 0 Å². The van der Waals surface area contributed by atoms with Crippen LogP contribution in [0.4, 0.5) is 5.69 Å². The highest BCUT2D eigenvalue weighted by Gasteiger charge is 2.26. The molecule has 0 aliphatic rings. The van der Waals surface area contributed by atoms with E-state index in [4.69, 9.17) is 0 Å². The predicted octanol–water partition coefficient (Wildman–Crippen LogP) is 2.27. The van der Waals surface area contributed by atoms with Crippen LogP contribution >= 0.6 is 0 Å². The topological polar surface area (TPSA) is 78.4 Å². The minimum absolute atomic E-state index is 0.0282. The predicted molar refractivity (Wildman–Crippen MR) is 92.3 cm³/mol. The van der Waals surface area contributed by atoms with Crippen LogP contribution in [0.5, 0.6) is 0 Å². The van der Waals surface area contributed by atoms with Gasteiger partial charge in [0.1, 0.15) is 0 Å². The van der Waals surface area contributed by atoms with Crippen LogP contribution in [0.15, 0.2) is 18.2 Å². The van der Waals surface area contributed by atoms with E-state index < -0.39 is 17.4 Å². The molecule has 23 heavy (non-hydrogen) atoms. The number of aliphatic hydroxyl groups is 1. The molecule has 128 valence electrons. The van der Waals surface area contributed by atoms with Gasteiger partial charge in [0.2, 0.25) is 0 Å². The first kappa shape index (κ1) is 19.2. The summed E-state index contributed by atoms with van der Waals surface area (Å²) in [4.78, 5) is 23.8. The largest absolute Gasteiger partial charge is 0.388 e. The lowest BCUT2D eigenvalue weighted by Gasteiger charge is -2.27. The summed E-state index contributed by atoms with van der Waals surface area (Å²) < 4.78 is 0. The van der Waals surface area contributed by atoms with Crippen molar-refractivity contribution in [3.05, 3.63) is 29.3 Å². The highest BCUT2D eigenvalue weighted by atomic mass is 16.3. The Morgan fingerprint density at radius 2 is 1.74 bits per heavy atom. The van der Waals surface area contributed by atoms with Crippen molar-refractivity contribution in [2.24, 2.45) is 5.92 Å². The molecule has 0 fully saturated rings. The molecule has 0 aliphatic carbocycles. The molecule has 0 spiro atoms. The van der Waals surface area contributed by atoms with E-state index in [1.807, 2.05) is 26.0 Å². The lowest BCUT2D eigenvalue weighted by atomic mass is 9.92. The summed E-state index contributed by atoms with van der Waals surface area (Å²) in [5.41, 5.74) is 1.96. The number of rotatable bonds is 6. The summed E-state index contributed by atoms with van der Waals surface area (Å²) >= 11 is 0. The van der Waals surface area contributed by atoms with Crippen LogP contribution < -0.4 is 10.6 Å². The molecule has 0 radical (unpaired) electrons. The number of carbonyl (C=O) groups excluding carboxylic acids is 2. The summed E-state index contributed by atoms with van der Waals surface area (Å²) in [6.07, 6.45) is 1.80. The molecule has 0 saturated carbocycles. The van der Waals surface area contributed by atoms with Crippen LogP contribution in [0.3, 0.4) is 0 Å². The first-order valence-corrected chi connectivity index (χ1v) is 8.14. The number of nitrogens with one attached hydrogen (secondary N) is 2. The lowest BCUT2D eigenvalue weighted by Crippen LogP contribution is -2.47. The molecule has 5 heteroatoms. The molecule has 1 rings (SSSR count). The van der Waals surface area contributed by atoms with E-state index in [9.17, 15) is 14.7 Å². The van der Waals surface area contributed by atoms with E-state index in [1.165, 1.54) is 5.56 Å². The van der Waals surface area contributed by atoms with Crippen molar-refractivity contribution < 1.29 is 14.7 Å². The average molecular weight is 320 g/mol. The molecule has 0 bridgehead atoms. The highest BCUT2D eigenvalue weighted by molar-refractivity contribution is 6.39. The Balaban J connectivity index is 2.67. The van der Waals surface area contributed by atoms with Gasteiger partial charge in [-0.3, -0.25) is 9.59 Å². The van der Waals surface area contributed by atoms with Crippen LogP contribution in [-0.4, -0.2) is 29.1 Å². The van der Waals surface area contributed by atoms with E-state index in [0.717, 1.165) is 18.4 Å². The number of anilines is 1. The Labute approximate surface area is 138 Å². The van der Waals surface area contributed by atoms with E-state index >= 15 is 0 Å². The van der Waals surface area contributed by atoms with Gasteiger partial charge in [-0.15, -0.1) is 0 Å². The second-order valence-electron chi connectivity index (χ2n) is 6.34. The fourth-order valence-corrected chi connectivity index (χ4v) is 2.11. The van der Waals surface area contributed by atoms with Gasteiger partial charge in [0.25, 0.3) is 0 Å². The zero-order valence-corrected chi connectivity index (χ0v) is 14.7. The third kappa shape index (κ3) is 5.36. The maximum atomic E-state index is 11.9. The molecule has 0 heterocycles. The zero-order chi connectivity index (χ0) is 17.6. The smallest absolute Gasteiger partial charge is 0.313 e. The van der Waals surface area contributed by atoms with Crippen LogP contribution in [-0.2, 0) is 22.4 Å². The first-order chi connectivity index (χ1) is 10.7. The molecule has 5 nitrogen and oxygen atoms in total. The minimum Gasteiger partial charge on any atom is -0.388 e. The number of hydrogen-bond acceptors (Lipinski definition) is 3. The number of carbonyl (C=O) groups is 2. The van der Waals surface area contributed by atoms with Crippen LogP contribution in [0, 0.1) is 5.92 Å². The van der Waals surface area contributed by atoms with Crippen molar-refractivity contribution in [1.82, 2.24) is 5.32 Å². The molecular formula is C18H28N2O3. The average Bonchev–Trinajstić information content (AvgIpc) is 2.52. The van der Waals surface area contributed by atoms with Gasteiger partial charge >= 0.3 is 11.8 Å². The Hall–Kier alpha value is -1.88. The molecule has 0 aromatic heterocycles. The van der Waals surface area contributed by atoms with Gasteiger partial charge in [-0.2, -0.15) is 0 Å². The SMILES string of the molecule is CCc1ccc(NC(=O)C(=O)NCC(C)(O)C(C)C)cc1CC. The summed E-state index contributed by atoms with van der Waals surface area (Å²) in [6.45, 7) is 9.52. The molecule has 1 atom stereocenters. The number of hydrogen-bond donors (Lipinski definition) is 3. The van der Waals surface area contributed by atoms with Gasteiger partial charge in [-0.1, -0.05) is 33.8 Å². The van der Waals surface area contributed by atoms with E-state index in [1.54, 1.807) is 13.0 Å². The highest BCUT2D eigenvalue weighted by Crippen LogP contribution is 2.17. The summed E-state index contributed by atoms with van der Waals surface area (Å²) in [5, 5.41) is 15.2. The molecule has 3 N–H and O–H groups in total. The maximum Gasteiger partial charge on any atom is 0.313 e. The molecule has 0 saturated heterocycles. The van der Waals surface area contributed by atoms with Gasteiger partial charge in [0.15, 0.2) is 0 Å². The van der Waals surface area contributed by atoms with Gasteiger partial charge in [-0.25, -0.2) is 0 Å². The standard InChI is InChI=1S/C18H28N2O3/c1-6-13-8-9-15(10-14(13)7-2)20-17(22)16(21)19-11-18(5,23)12(3)4/h8-10,12,23H,6-7,11H2,1-5H3,(H,19,21)(H,20,22). The number of amides is 2. The number of benzene rings is 1. The Kier molecular flexibility index (Phi) is 6.76. The molecule has 1 aromatic carbocycles. The van der Waals surface area contributed by atoms with Gasteiger partial charge in [0.05, 0.1) is 5.60 Å². The molecule has 0 aliphatic heterocycles. The first-order valence-electron chi connectivity index (χ1n) is 8.14. The van der Waals surface area contributed by atoms with E-state index in [-0.39, 0.29) is 12.5 Å². The fraction of sp³-hybridized carbons (Fsp3) is 0.556. The van der Waals surface area contributed by atoms with Gasteiger partial charge < -0.3 is 15.7 Å². The molecule has 1 aromatic rings. The summed E-state index contributed by atoms with van der Waals surface area (Å²) in [5.74, 6) is -1.50. The molecule has 2 amide bonds. The quantitative estimate of drug-likeness (QED) is 0.704. The summed E-state index contributed by atoms with van der Waals surface area (Å²) in [7, 11) is 0. The Morgan fingerprint density at radius 1 is 1.13 bits per heavy atom. The van der Waals surface area contributed by atoms with E-state index in [2.05, 4.69) is 24.5 Å². The van der Waals surface area contributed by atoms with Crippen molar-refractivity contribution in [2.45, 2.75) is 53.1 Å². The van der Waals surface area contributed by atoms with Crippen molar-refractivity contribution in [1.29, 1.82) is 0 Å². The van der Waals surface area contributed by atoms with Crippen molar-refractivity contribution >= 4 is 17.5 Å². The second-order valence-corrected chi connectivity index (χ2v) is 6.34. The van der Waals surface area contributed by atoms with E-state index in [0.29, 0.717) is 5.69 Å². The van der Waals surface area contributed by atoms with Crippen molar-refractivity contribution in [2.75, 3.05) is 11.9 Å². The van der Waals surface area contributed by atoms with Crippen molar-refractivity contribution in [3.63, 3.8) is 0 Å². The zero-order valence-electron chi connectivity index (χ0n) is 14.7. The Bertz CT molecular complexity index is 565. The van der Waals surface area contributed by atoms with Gasteiger partial charge in [0, 0.05) is 12.2 Å². The maximum absolute atomic E-state index is 11.9. The molecule has 1 unspecified atom stereocenters. The second kappa shape index (κ2) is 8.11.